The Kier molecular flexibility index (Phi) is 2.37. The minimum absolute atomic E-state index is 0.221. The van der Waals surface area contributed by atoms with E-state index < -0.39 is 0 Å². The molecule has 1 atom stereocenters. The molecule has 16 heavy (non-hydrogen) atoms. The molecule has 0 radical (unpaired) electrons. The van der Waals surface area contributed by atoms with Gasteiger partial charge in [-0.05, 0) is 29.3 Å². The Labute approximate surface area is 98.8 Å². The fraction of sp³-hybridized carbons (Fsp3) is 0.231. The van der Waals surface area contributed by atoms with E-state index in [0.717, 1.165) is 30.1 Å². The number of furan rings is 1. The molecule has 2 nitrogen and oxygen atoms in total. The molecule has 3 rings (SSSR count). The van der Waals surface area contributed by atoms with Crippen LogP contribution in [0.5, 0.6) is 5.75 Å². The summed E-state index contributed by atoms with van der Waals surface area (Å²) in [7, 11) is 0. The van der Waals surface area contributed by atoms with Crippen molar-refractivity contribution >= 4 is 11.6 Å². The highest BCUT2D eigenvalue weighted by molar-refractivity contribution is 6.22. The third-order valence-electron chi connectivity index (χ3n) is 2.80. The van der Waals surface area contributed by atoms with Crippen LogP contribution in [0.4, 0.5) is 0 Å². The second-order valence-electron chi connectivity index (χ2n) is 3.84. The van der Waals surface area contributed by atoms with Crippen molar-refractivity contribution in [3.05, 3.63) is 53.5 Å². The number of rotatable bonds is 2. The largest absolute Gasteiger partial charge is 0.493 e. The summed E-state index contributed by atoms with van der Waals surface area (Å²) in [4.78, 5) is 0. The lowest BCUT2D eigenvalue weighted by molar-refractivity contribution is 0.357. The summed E-state index contributed by atoms with van der Waals surface area (Å²) < 4.78 is 10.8. The monoisotopic (exact) mass is 234 g/mol. The van der Waals surface area contributed by atoms with E-state index in [1.54, 1.807) is 6.26 Å². The molecule has 0 spiro atoms. The SMILES string of the molecule is ClC(c1ccc2c(c1)CCO2)c1ccco1. The standard InChI is InChI=1S/C13H11ClO2/c14-13(12-2-1-6-15-12)10-3-4-11-9(8-10)5-7-16-11/h1-4,6,8,13H,5,7H2. The molecule has 0 bridgehead atoms. The second-order valence-corrected chi connectivity index (χ2v) is 4.28. The van der Waals surface area contributed by atoms with Crippen LogP contribution < -0.4 is 4.74 Å². The molecule has 0 saturated carbocycles. The van der Waals surface area contributed by atoms with Crippen molar-refractivity contribution in [1.82, 2.24) is 0 Å². The molecule has 82 valence electrons. The van der Waals surface area contributed by atoms with Crippen LogP contribution in [0.15, 0.2) is 41.0 Å². The van der Waals surface area contributed by atoms with E-state index >= 15 is 0 Å². The Hall–Kier alpha value is -1.41. The van der Waals surface area contributed by atoms with E-state index in [4.69, 9.17) is 20.8 Å². The van der Waals surface area contributed by atoms with Gasteiger partial charge in [-0.3, -0.25) is 0 Å². The summed E-state index contributed by atoms with van der Waals surface area (Å²) in [5.41, 5.74) is 2.29. The van der Waals surface area contributed by atoms with Gasteiger partial charge in [0.25, 0.3) is 0 Å². The van der Waals surface area contributed by atoms with E-state index in [1.807, 2.05) is 24.3 Å². The van der Waals surface area contributed by atoms with Crippen molar-refractivity contribution in [3.63, 3.8) is 0 Å². The molecule has 0 aliphatic carbocycles. The summed E-state index contributed by atoms with van der Waals surface area (Å²) in [6, 6.07) is 9.81. The minimum Gasteiger partial charge on any atom is -0.493 e. The molecule has 0 N–H and O–H groups in total. The van der Waals surface area contributed by atoms with Crippen LogP contribution >= 0.6 is 11.6 Å². The molecule has 1 unspecified atom stereocenters. The van der Waals surface area contributed by atoms with Gasteiger partial charge in [0.2, 0.25) is 0 Å². The molecular weight excluding hydrogens is 224 g/mol. The molecule has 2 aromatic rings. The van der Waals surface area contributed by atoms with E-state index in [2.05, 4.69) is 6.07 Å². The van der Waals surface area contributed by atoms with Gasteiger partial charge >= 0.3 is 0 Å². The molecular formula is C13H11ClO2. The van der Waals surface area contributed by atoms with Crippen LogP contribution in [0.3, 0.4) is 0 Å². The smallest absolute Gasteiger partial charge is 0.126 e. The predicted molar refractivity (Wildman–Crippen MR) is 62.0 cm³/mol. The highest BCUT2D eigenvalue weighted by atomic mass is 35.5. The first-order valence-electron chi connectivity index (χ1n) is 5.28. The first-order chi connectivity index (χ1) is 7.84. The normalized spacial score (nSPS) is 15.6. The summed E-state index contributed by atoms with van der Waals surface area (Å²) in [6.45, 7) is 0.770. The molecule has 2 heterocycles. The van der Waals surface area contributed by atoms with Crippen molar-refractivity contribution in [2.75, 3.05) is 6.61 Å². The van der Waals surface area contributed by atoms with Gasteiger partial charge in [-0.2, -0.15) is 0 Å². The van der Waals surface area contributed by atoms with Gasteiger partial charge in [-0.15, -0.1) is 11.6 Å². The highest BCUT2D eigenvalue weighted by Crippen LogP contribution is 2.33. The highest BCUT2D eigenvalue weighted by Gasteiger charge is 2.18. The quantitative estimate of drug-likeness (QED) is 0.742. The molecule has 1 aromatic carbocycles. The lowest BCUT2D eigenvalue weighted by Gasteiger charge is -2.08. The number of halogens is 1. The van der Waals surface area contributed by atoms with E-state index in [1.165, 1.54) is 5.56 Å². The van der Waals surface area contributed by atoms with Crippen molar-refractivity contribution in [2.45, 2.75) is 11.8 Å². The van der Waals surface area contributed by atoms with Crippen LogP contribution in [0.25, 0.3) is 0 Å². The van der Waals surface area contributed by atoms with Crippen LogP contribution in [0, 0.1) is 0 Å². The number of alkyl halides is 1. The molecule has 3 heteroatoms. The Morgan fingerprint density at radius 1 is 1.25 bits per heavy atom. The van der Waals surface area contributed by atoms with E-state index in [0.29, 0.717) is 0 Å². The molecule has 1 aliphatic rings. The number of hydrogen-bond donors (Lipinski definition) is 0. The van der Waals surface area contributed by atoms with Gasteiger partial charge < -0.3 is 9.15 Å². The maximum atomic E-state index is 6.34. The average molecular weight is 235 g/mol. The van der Waals surface area contributed by atoms with Crippen molar-refractivity contribution in [1.29, 1.82) is 0 Å². The third kappa shape index (κ3) is 1.59. The maximum absolute atomic E-state index is 6.34. The lowest BCUT2D eigenvalue weighted by Crippen LogP contribution is -1.92. The summed E-state index contributed by atoms with van der Waals surface area (Å²) in [5, 5.41) is -0.221. The molecule has 0 saturated heterocycles. The summed E-state index contributed by atoms with van der Waals surface area (Å²) in [6.07, 6.45) is 2.60. The first-order valence-corrected chi connectivity index (χ1v) is 5.71. The zero-order valence-corrected chi connectivity index (χ0v) is 9.41. The van der Waals surface area contributed by atoms with Crippen LogP contribution in [0.1, 0.15) is 22.3 Å². The topological polar surface area (TPSA) is 22.4 Å². The molecule has 1 aromatic heterocycles. The Morgan fingerprint density at radius 3 is 3.00 bits per heavy atom. The van der Waals surface area contributed by atoms with Crippen LogP contribution in [-0.4, -0.2) is 6.61 Å². The number of hydrogen-bond acceptors (Lipinski definition) is 2. The van der Waals surface area contributed by atoms with Crippen LogP contribution in [-0.2, 0) is 6.42 Å². The van der Waals surface area contributed by atoms with Crippen molar-refractivity contribution in [3.8, 4) is 5.75 Å². The first kappa shape index (κ1) is 9.79. The Bertz CT molecular complexity index is 491. The number of ether oxygens (including phenoxy) is 1. The maximum Gasteiger partial charge on any atom is 0.126 e. The minimum atomic E-state index is -0.221. The third-order valence-corrected chi connectivity index (χ3v) is 3.27. The summed E-state index contributed by atoms with van der Waals surface area (Å²) in [5.74, 6) is 1.76. The van der Waals surface area contributed by atoms with Crippen LogP contribution in [0.2, 0.25) is 0 Å². The second kappa shape index (κ2) is 3.87. The van der Waals surface area contributed by atoms with Gasteiger partial charge in [-0.1, -0.05) is 12.1 Å². The average Bonchev–Trinajstić information content (AvgIpc) is 2.98. The fourth-order valence-electron chi connectivity index (χ4n) is 1.96. The van der Waals surface area contributed by atoms with Gasteiger partial charge in [0.05, 0.1) is 12.9 Å². The molecule has 1 aliphatic heterocycles. The van der Waals surface area contributed by atoms with Crippen molar-refractivity contribution < 1.29 is 9.15 Å². The van der Waals surface area contributed by atoms with E-state index in [9.17, 15) is 0 Å². The fourth-order valence-corrected chi connectivity index (χ4v) is 2.22. The zero-order chi connectivity index (χ0) is 11.0. The van der Waals surface area contributed by atoms with Gasteiger partial charge in [0.15, 0.2) is 0 Å². The lowest BCUT2D eigenvalue weighted by atomic mass is 10.0. The summed E-state index contributed by atoms with van der Waals surface area (Å²) >= 11 is 6.34. The Morgan fingerprint density at radius 2 is 2.19 bits per heavy atom. The van der Waals surface area contributed by atoms with Gasteiger partial charge in [-0.25, -0.2) is 0 Å². The van der Waals surface area contributed by atoms with Gasteiger partial charge in [0, 0.05) is 6.42 Å². The molecule has 0 amide bonds. The van der Waals surface area contributed by atoms with Gasteiger partial charge in [0.1, 0.15) is 16.9 Å². The zero-order valence-electron chi connectivity index (χ0n) is 8.65. The predicted octanol–water partition coefficient (Wildman–Crippen LogP) is 3.54. The Balaban J connectivity index is 1.95. The van der Waals surface area contributed by atoms with E-state index in [-0.39, 0.29) is 5.38 Å². The van der Waals surface area contributed by atoms with Crippen molar-refractivity contribution in [2.24, 2.45) is 0 Å². The number of fused-ring (bicyclic) bond motifs is 1. The molecule has 0 fully saturated rings. The number of benzene rings is 1.